The molecule has 0 radical (unpaired) electrons. The second-order valence-electron chi connectivity index (χ2n) is 9.92. The van der Waals surface area contributed by atoms with Gasteiger partial charge in [-0.25, -0.2) is 9.97 Å². The van der Waals surface area contributed by atoms with E-state index in [-0.39, 0.29) is 11.4 Å². The van der Waals surface area contributed by atoms with Crippen molar-refractivity contribution in [1.29, 1.82) is 0 Å². The molecule has 0 bridgehead atoms. The highest BCUT2D eigenvalue weighted by Gasteiger charge is 2.33. The van der Waals surface area contributed by atoms with Crippen LogP contribution in [0.5, 0.6) is 0 Å². The van der Waals surface area contributed by atoms with Gasteiger partial charge in [0.15, 0.2) is 0 Å². The largest absolute Gasteiger partial charge is 0.433 e. The number of rotatable bonds is 4. The lowest BCUT2D eigenvalue weighted by Gasteiger charge is -2.29. The number of amides is 1. The van der Waals surface area contributed by atoms with E-state index in [2.05, 4.69) is 14.9 Å². The number of ether oxygens (including phenoxy) is 1. The Balaban J connectivity index is 1.25. The number of aromatic nitrogens is 4. The molecule has 5 heterocycles. The third-order valence-corrected chi connectivity index (χ3v) is 7.36. The van der Waals surface area contributed by atoms with E-state index in [0.29, 0.717) is 49.8 Å². The molecule has 39 heavy (non-hydrogen) atoms. The zero-order chi connectivity index (χ0) is 27.3. The molecule has 0 spiro atoms. The van der Waals surface area contributed by atoms with Gasteiger partial charge in [-0.1, -0.05) is 6.07 Å². The molecule has 0 unspecified atom stereocenters. The van der Waals surface area contributed by atoms with Gasteiger partial charge < -0.3 is 9.64 Å². The predicted octanol–water partition coefficient (Wildman–Crippen LogP) is 4.62. The van der Waals surface area contributed by atoms with Gasteiger partial charge in [0, 0.05) is 43.0 Å². The van der Waals surface area contributed by atoms with Gasteiger partial charge in [0.25, 0.3) is 5.91 Å². The zero-order valence-electron chi connectivity index (χ0n) is 21.6. The average Bonchev–Trinajstić information content (AvgIpc) is 3.24. The Morgan fingerprint density at radius 2 is 1.67 bits per heavy atom. The van der Waals surface area contributed by atoms with Crippen LogP contribution in [0, 0.1) is 13.8 Å². The molecule has 1 saturated heterocycles. The second-order valence-corrected chi connectivity index (χ2v) is 9.92. The predicted molar refractivity (Wildman–Crippen MR) is 139 cm³/mol. The van der Waals surface area contributed by atoms with Gasteiger partial charge in [-0.05, 0) is 55.8 Å². The van der Waals surface area contributed by atoms with E-state index in [4.69, 9.17) is 9.84 Å². The molecule has 3 aromatic heterocycles. The molecule has 11 heteroatoms. The van der Waals surface area contributed by atoms with Crippen LogP contribution in [0.2, 0.25) is 0 Å². The lowest BCUT2D eigenvalue weighted by atomic mass is 10.0. The summed E-state index contributed by atoms with van der Waals surface area (Å²) >= 11 is 0. The minimum Gasteiger partial charge on any atom is -0.379 e. The fourth-order valence-electron chi connectivity index (χ4n) is 5.25. The molecule has 1 aromatic carbocycles. The lowest BCUT2D eigenvalue weighted by molar-refractivity contribution is -0.140. The third kappa shape index (κ3) is 4.76. The Labute approximate surface area is 223 Å². The Bertz CT molecular complexity index is 1580. The van der Waals surface area contributed by atoms with Crippen LogP contribution >= 0.6 is 0 Å². The number of halogens is 3. The number of anilines is 1. The van der Waals surface area contributed by atoms with Gasteiger partial charge in [0.1, 0.15) is 11.4 Å². The molecule has 6 rings (SSSR count). The van der Waals surface area contributed by atoms with Crippen molar-refractivity contribution in [3.63, 3.8) is 0 Å². The summed E-state index contributed by atoms with van der Waals surface area (Å²) in [6.07, 6.45) is -4.51. The van der Waals surface area contributed by atoms with Crippen molar-refractivity contribution < 1.29 is 22.7 Å². The van der Waals surface area contributed by atoms with E-state index in [1.165, 1.54) is 6.07 Å². The van der Waals surface area contributed by atoms with Crippen molar-refractivity contribution in [2.45, 2.75) is 33.1 Å². The maximum absolute atomic E-state index is 13.6. The molecule has 0 N–H and O–H groups in total. The fourth-order valence-corrected chi connectivity index (χ4v) is 5.25. The summed E-state index contributed by atoms with van der Waals surface area (Å²) in [5, 5.41) is 4.75. The van der Waals surface area contributed by atoms with Gasteiger partial charge in [-0.2, -0.15) is 18.3 Å². The summed E-state index contributed by atoms with van der Waals surface area (Å²) in [5.74, 6) is -0.0781. The maximum Gasteiger partial charge on any atom is 0.433 e. The van der Waals surface area contributed by atoms with Crippen LogP contribution in [0.4, 0.5) is 18.9 Å². The van der Waals surface area contributed by atoms with E-state index >= 15 is 0 Å². The number of carbonyl (C=O) groups excluding carboxylic acids is 1. The number of fused-ring (bicyclic) bond motifs is 2. The van der Waals surface area contributed by atoms with Crippen molar-refractivity contribution in [1.82, 2.24) is 24.6 Å². The van der Waals surface area contributed by atoms with E-state index in [9.17, 15) is 18.0 Å². The molecule has 202 valence electrons. The molecule has 0 aliphatic carbocycles. The Morgan fingerprint density at radius 3 is 2.41 bits per heavy atom. The average molecular weight is 537 g/mol. The third-order valence-electron chi connectivity index (χ3n) is 7.36. The van der Waals surface area contributed by atoms with Crippen LogP contribution in [0.1, 0.15) is 33.0 Å². The number of hydrogen-bond donors (Lipinski definition) is 0. The van der Waals surface area contributed by atoms with Crippen LogP contribution in [-0.2, 0) is 24.0 Å². The first-order valence-corrected chi connectivity index (χ1v) is 12.8. The fraction of sp³-hybridized carbons (Fsp3) is 0.357. The van der Waals surface area contributed by atoms with Crippen LogP contribution < -0.4 is 4.90 Å². The topological polar surface area (TPSA) is 76.4 Å². The summed E-state index contributed by atoms with van der Waals surface area (Å²) < 4.78 is 46.3. The Kier molecular flexibility index (Phi) is 6.35. The van der Waals surface area contributed by atoms with Crippen LogP contribution in [0.3, 0.4) is 0 Å². The summed E-state index contributed by atoms with van der Waals surface area (Å²) in [5.41, 5.74) is 5.19. The molecule has 2 aliphatic rings. The van der Waals surface area contributed by atoms with E-state index in [1.807, 2.05) is 36.7 Å². The van der Waals surface area contributed by atoms with Crippen molar-refractivity contribution in [2.24, 2.45) is 0 Å². The van der Waals surface area contributed by atoms with E-state index < -0.39 is 11.9 Å². The standard InChI is InChI=1S/C28H27F3N6O2/c1-17-15-19(20-4-5-22-21(32-20)6-8-25(33-22)28(29,30)31)3-7-24(17)36-9-10-37-26(27(36)38)18(2)23(34-37)16-35-11-13-39-14-12-35/h3-8,15H,9-14,16H2,1-2H3. The molecule has 0 atom stereocenters. The van der Waals surface area contributed by atoms with Crippen molar-refractivity contribution in [2.75, 3.05) is 37.7 Å². The second kappa shape index (κ2) is 9.73. The van der Waals surface area contributed by atoms with Crippen molar-refractivity contribution >= 4 is 22.6 Å². The van der Waals surface area contributed by atoms with Crippen molar-refractivity contribution in [3.05, 3.63) is 70.7 Å². The van der Waals surface area contributed by atoms with Crippen LogP contribution in [0.15, 0.2) is 42.5 Å². The number of morpholine rings is 1. The zero-order valence-corrected chi connectivity index (χ0v) is 21.6. The normalized spacial score (nSPS) is 16.6. The van der Waals surface area contributed by atoms with E-state index in [0.717, 1.165) is 47.2 Å². The summed E-state index contributed by atoms with van der Waals surface area (Å²) in [7, 11) is 0. The van der Waals surface area contributed by atoms with Gasteiger partial charge in [-0.3, -0.25) is 14.4 Å². The highest BCUT2D eigenvalue weighted by atomic mass is 19.4. The number of pyridine rings is 2. The maximum atomic E-state index is 13.6. The molecule has 4 aromatic rings. The molecular weight excluding hydrogens is 509 g/mol. The molecule has 2 aliphatic heterocycles. The summed E-state index contributed by atoms with van der Waals surface area (Å²) in [6.45, 7) is 8.82. The van der Waals surface area contributed by atoms with Gasteiger partial charge in [0.05, 0.1) is 42.2 Å². The smallest absolute Gasteiger partial charge is 0.379 e. The van der Waals surface area contributed by atoms with Crippen LogP contribution in [-0.4, -0.2) is 63.4 Å². The first-order chi connectivity index (χ1) is 18.7. The van der Waals surface area contributed by atoms with Crippen LogP contribution in [0.25, 0.3) is 22.3 Å². The van der Waals surface area contributed by atoms with Gasteiger partial charge in [0.2, 0.25) is 0 Å². The van der Waals surface area contributed by atoms with Gasteiger partial charge in [-0.15, -0.1) is 0 Å². The molecule has 0 saturated carbocycles. The number of benzene rings is 1. The number of aryl methyl sites for hydroxylation is 1. The Hall–Kier alpha value is -3.83. The molecular formula is C28H27F3N6O2. The highest BCUT2D eigenvalue weighted by molar-refractivity contribution is 6.07. The summed E-state index contributed by atoms with van der Waals surface area (Å²) in [4.78, 5) is 25.9. The minimum atomic E-state index is -4.51. The number of nitrogens with zero attached hydrogens (tertiary/aromatic N) is 6. The monoisotopic (exact) mass is 536 g/mol. The number of hydrogen-bond acceptors (Lipinski definition) is 6. The SMILES string of the molecule is Cc1cc(-c2ccc3nc(C(F)(F)F)ccc3n2)ccc1N1CCn2nc(CN3CCOCC3)c(C)c2C1=O. The lowest BCUT2D eigenvalue weighted by Crippen LogP contribution is -2.41. The Morgan fingerprint density at radius 1 is 0.923 bits per heavy atom. The number of alkyl halides is 3. The van der Waals surface area contributed by atoms with Crippen molar-refractivity contribution in [3.8, 4) is 11.3 Å². The highest BCUT2D eigenvalue weighted by Crippen LogP contribution is 2.32. The van der Waals surface area contributed by atoms with E-state index in [1.54, 1.807) is 17.0 Å². The first kappa shape index (κ1) is 25.4. The molecule has 1 amide bonds. The minimum absolute atomic E-state index is 0.0781. The quantitative estimate of drug-likeness (QED) is 0.379. The first-order valence-electron chi connectivity index (χ1n) is 12.8. The van der Waals surface area contributed by atoms with Gasteiger partial charge >= 0.3 is 6.18 Å². The summed E-state index contributed by atoms with van der Waals surface area (Å²) in [6, 6.07) is 11.2. The molecule has 1 fully saturated rings. The molecule has 8 nitrogen and oxygen atoms in total. The number of carbonyl (C=O) groups is 1.